The van der Waals surface area contributed by atoms with Gasteiger partial charge in [-0.3, -0.25) is 0 Å². The van der Waals surface area contributed by atoms with E-state index >= 15 is 0 Å². The molecule has 4 N–H and O–H groups in total. The fraction of sp³-hybridized carbons (Fsp3) is 0.684. The molecule has 1 aromatic carbocycles. The van der Waals surface area contributed by atoms with Gasteiger partial charge in [0.15, 0.2) is 0 Å². The van der Waals surface area contributed by atoms with Gasteiger partial charge in [0, 0.05) is 11.4 Å². The van der Waals surface area contributed by atoms with Crippen molar-refractivity contribution in [2.75, 3.05) is 11.5 Å². The highest BCUT2D eigenvalue weighted by atomic mass is 14.6. The number of hydrogen-bond acceptors (Lipinski definition) is 2. The molecular formula is C19H32N2. The fourth-order valence-corrected chi connectivity index (χ4v) is 3.84. The van der Waals surface area contributed by atoms with Gasteiger partial charge in [0.05, 0.1) is 0 Å². The summed E-state index contributed by atoms with van der Waals surface area (Å²) in [6, 6.07) is 2.00. The molecule has 0 spiro atoms. The lowest BCUT2D eigenvalue weighted by Gasteiger charge is -2.22. The predicted octanol–water partition coefficient (Wildman–Crippen LogP) is 4.98. The van der Waals surface area contributed by atoms with Crippen LogP contribution in [0.2, 0.25) is 0 Å². The molecule has 2 heteroatoms. The summed E-state index contributed by atoms with van der Waals surface area (Å²) in [5.41, 5.74) is 18.8. The van der Waals surface area contributed by atoms with Crippen molar-refractivity contribution in [1.82, 2.24) is 0 Å². The zero-order valence-electron chi connectivity index (χ0n) is 14.1. The highest BCUT2D eigenvalue weighted by Gasteiger charge is 2.33. The maximum absolute atomic E-state index is 6.27. The van der Waals surface area contributed by atoms with E-state index in [1.165, 1.54) is 61.6 Å². The molecule has 118 valence electrons. The largest absolute Gasteiger partial charge is 0.398 e. The number of hydrogen-bond donors (Lipinski definition) is 2. The van der Waals surface area contributed by atoms with Crippen molar-refractivity contribution in [3.05, 3.63) is 22.8 Å². The molecule has 1 aliphatic rings. The molecule has 1 aromatic rings. The number of nitrogen functional groups attached to an aromatic ring is 2. The van der Waals surface area contributed by atoms with Crippen LogP contribution in [0.15, 0.2) is 6.07 Å². The lowest BCUT2D eigenvalue weighted by atomic mass is 9.84. The zero-order chi connectivity index (χ0) is 15.5. The normalized spacial score (nSPS) is 16.1. The molecule has 1 aliphatic carbocycles. The van der Waals surface area contributed by atoms with Crippen LogP contribution in [0.25, 0.3) is 0 Å². The Morgan fingerprint density at radius 2 is 1.67 bits per heavy atom. The van der Waals surface area contributed by atoms with Gasteiger partial charge in [-0.25, -0.2) is 0 Å². The first-order valence-corrected chi connectivity index (χ1v) is 8.67. The van der Waals surface area contributed by atoms with Crippen molar-refractivity contribution in [3.63, 3.8) is 0 Å². The quantitative estimate of drug-likeness (QED) is 0.549. The van der Waals surface area contributed by atoms with Gasteiger partial charge in [0.1, 0.15) is 0 Å². The molecule has 2 nitrogen and oxygen atoms in total. The summed E-state index contributed by atoms with van der Waals surface area (Å²) in [6.45, 7) is 6.87. The first-order valence-electron chi connectivity index (χ1n) is 8.67. The summed E-state index contributed by atoms with van der Waals surface area (Å²) in [6.07, 6.45) is 11.4. The molecule has 0 aromatic heterocycles. The van der Waals surface area contributed by atoms with E-state index in [0.29, 0.717) is 0 Å². The molecule has 0 unspecified atom stereocenters. The van der Waals surface area contributed by atoms with Crippen LogP contribution in [0.4, 0.5) is 11.4 Å². The minimum absolute atomic E-state index is 0.211. The molecule has 0 radical (unpaired) electrons. The first kappa shape index (κ1) is 16.2. The van der Waals surface area contributed by atoms with E-state index < -0.39 is 0 Å². The van der Waals surface area contributed by atoms with Crippen molar-refractivity contribution in [2.24, 2.45) is 0 Å². The Kier molecular flexibility index (Phi) is 5.18. The van der Waals surface area contributed by atoms with E-state index in [-0.39, 0.29) is 5.41 Å². The fourth-order valence-electron chi connectivity index (χ4n) is 3.84. The van der Waals surface area contributed by atoms with Crippen LogP contribution < -0.4 is 11.5 Å². The molecule has 21 heavy (non-hydrogen) atoms. The van der Waals surface area contributed by atoms with Gasteiger partial charge < -0.3 is 11.5 Å². The van der Waals surface area contributed by atoms with Crippen LogP contribution in [-0.2, 0) is 18.3 Å². The van der Waals surface area contributed by atoms with Crippen molar-refractivity contribution < 1.29 is 0 Å². The molecule has 2 rings (SSSR count). The number of anilines is 2. The molecule has 0 fully saturated rings. The highest BCUT2D eigenvalue weighted by Crippen LogP contribution is 2.45. The topological polar surface area (TPSA) is 52.0 Å². The Morgan fingerprint density at radius 3 is 2.38 bits per heavy atom. The monoisotopic (exact) mass is 288 g/mol. The van der Waals surface area contributed by atoms with E-state index in [9.17, 15) is 0 Å². The average Bonchev–Trinajstić information content (AvgIpc) is 2.73. The van der Waals surface area contributed by atoms with Gasteiger partial charge in [0.25, 0.3) is 0 Å². The van der Waals surface area contributed by atoms with Gasteiger partial charge >= 0.3 is 0 Å². The summed E-state index contributed by atoms with van der Waals surface area (Å²) in [7, 11) is 0. The second kappa shape index (κ2) is 6.72. The van der Waals surface area contributed by atoms with Gasteiger partial charge in [-0.15, -0.1) is 0 Å². The van der Waals surface area contributed by atoms with Crippen molar-refractivity contribution in [2.45, 2.75) is 84.0 Å². The van der Waals surface area contributed by atoms with Crippen molar-refractivity contribution >= 4 is 11.4 Å². The number of fused-ring (bicyclic) bond motifs is 1. The lowest BCUT2D eigenvalue weighted by molar-refractivity contribution is 0.524. The van der Waals surface area contributed by atoms with Crippen LogP contribution >= 0.6 is 0 Å². The first-order chi connectivity index (χ1) is 9.97. The van der Waals surface area contributed by atoms with Gasteiger partial charge in [-0.2, -0.15) is 0 Å². The third kappa shape index (κ3) is 3.53. The summed E-state index contributed by atoms with van der Waals surface area (Å²) in [5.74, 6) is 0. The van der Waals surface area contributed by atoms with Crippen LogP contribution in [0.1, 0.15) is 82.4 Å². The lowest BCUT2D eigenvalue weighted by Crippen LogP contribution is -2.15. The minimum atomic E-state index is 0.211. The van der Waals surface area contributed by atoms with Crippen LogP contribution in [0.5, 0.6) is 0 Å². The number of unbranched alkanes of at least 4 members (excludes halogenated alkanes) is 5. The Morgan fingerprint density at radius 1 is 1.00 bits per heavy atom. The summed E-state index contributed by atoms with van der Waals surface area (Å²) < 4.78 is 0. The highest BCUT2D eigenvalue weighted by molar-refractivity contribution is 5.69. The summed E-state index contributed by atoms with van der Waals surface area (Å²) >= 11 is 0. The van der Waals surface area contributed by atoms with Gasteiger partial charge in [0.2, 0.25) is 0 Å². The van der Waals surface area contributed by atoms with Crippen molar-refractivity contribution in [3.8, 4) is 0 Å². The zero-order valence-corrected chi connectivity index (χ0v) is 14.1. The van der Waals surface area contributed by atoms with E-state index in [4.69, 9.17) is 11.5 Å². The van der Waals surface area contributed by atoms with Crippen LogP contribution in [0.3, 0.4) is 0 Å². The Labute approximate surface area is 130 Å². The molecule has 0 amide bonds. The molecule has 0 saturated carbocycles. The maximum Gasteiger partial charge on any atom is 0.0375 e. The second-order valence-electron chi connectivity index (χ2n) is 7.29. The van der Waals surface area contributed by atoms with E-state index in [0.717, 1.165) is 24.2 Å². The molecule has 0 aliphatic heterocycles. The molecule has 0 saturated heterocycles. The molecule has 0 heterocycles. The van der Waals surface area contributed by atoms with E-state index in [2.05, 4.69) is 20.8 Å². The van der Waals surface area contributed by atoms with Gasteiger partial charge in [-0.1, -0.05) is 52.9 Å². The van der Waals surface area contributed by atoms with Gasteiger partial charge in [-0.05, 0) is 53.9 Å². The third-order valence-electron chi connectivity index (χ3n) is 5.07. The number of benzene rings is 1. The Bertz CT molecular complexity index is 489. The Balaban J connectivity index is 2.06. The molecular weight excluding hydrogens is 256 g/mol. The number of rotatable bonds is 7. The average molecular weight is 288 g/mol. The van der Waals surface area contributed by atoms with Crippen molar-refractivity contribution in [1.29, 1.82) is 0 Å². The summed E-state index contributed by atoms with van der Waals surface area (Å²) in [4.78, 5) is 0. The predicted molar refractivity (Wildman–Crippen MR) is 93.7 cm³/mol. The number of nitrogens with two attached hydrogens (primary N) is 2. The SMILES string of the molecule is CCCCCCCCc1c(N)cc(N)c2c1CCC2(C)C. The smallest absolute Gasteiger partial charge is 0.0375 e. The standard InChI is InChI=1S/C19H32N2/c1-4-5-6-7-8-9-10-14-15-11-12-19(2,3)18(15)17(21)13-16(14)20/h13H,4-12,20-21H2,1-3H3. The third-order valence-corrected chi connectivity index (χ3v) is 5.07. The van der Waals surface area contributed by atoms with E-state index in [1.807, 2.05) is 6.07 Å². The summed E-state index contributed by atoms with van der Waals surface area (Å²) in [5, 5.41) is 0. The van der Waals surface area contributed by atoms with E-state index in [1.54, 1.807) is 0 Å². The Hall–Kier alpha value is -1.18. The maximum atomic E-state index is 6.27. The second-order valence-corrected chi connectivity index (χ2v) is 7.29. The molecule has 0 atom stereocenters. The van der Waals surface area contributed by atoms with Crippen LogP contribution in [-0.4, -0.2) is 0 Å². The molecule has 0 bridgehead atoms. The minimum Gasteiger partial charge on any atom is -0.398 e. The van der Waals surface area contributed by atoms with Crippen LogP contribution in [0, 0.1) is 0 Å².